The van der Waals surface area contributed by atoms with Crippen molar-refractivity contribution in [1.29, 1.82) is 0 Å². The summed E-state index contributed by atoms with van der Waals surface area (Å²) in [6.07, 6.45) is 4.92. The van der Waals surface area contributed by atoms with Gasteiger partial charge >= 0.3 is 0 Å². The average Bonchev–Trinajstić information content (AvgIpc) is 3.48. The standard InChI is InChI=1S/C25H21N5O3/c1-26-24(31)22-14-20(8-10-27-22)33-19-6-7-23-21(13-19)29-25(30(23)2)28-18-5-3-4-16(12-18)17-9-11-32-15-17/h3-15H,1-2H3,(H,26,31)(H,28,29). The monoisotopic (exact) mass is 439 g/mol. The first-order chi connectivity index (χ1) is 16.1. The Morgan fingerprint density at radius 2 is 1.91 bits per heavy atom. The maximum Gasteiger partial charge on any atom is 0.269 e. The lowest BCUT2D eigenvalue weighted by atomic mass is 10.1. The molecule has 0 radical (unpaired) electrons. The van der Waals surface area contributed by atoms with Gasteiger partial charge < -0.3 is 24.4 Å². The number of anilines is 2. The molecule has 0 saturated heterocycles. The Balaban J connectivity index is 1.40. The zero-order valence-corrected chi connectivity index (χ0v) is 18.1. The number of fused-ring (bicyclic) bond motifs is 1. The van der Waals surface area contributed by atoms with Crippen LogP contribution in [0.4, 0.5) is 11.6 Å². The van der Waals surface area contributed by atoms with Gasteiger partial charge in [-0.15, -0.1) is 0 Å². The maximum absolute atomic E-state index is 11.8. The lowest BCUT2D eigenvalue weighted by Crippen LogP contribution is -2.18. The third-order valence-corrected chi connectivity index (χ3v) is 5.25. The highest BCUT2D eigenvalue weighted by atomic mass is 16.5. The predicted octanol–water partition coefficient (Wildman–Crippen LogP) is 5.12. The van der Waals surface area contributed by atoms with Crippen molar-refractivity contribution in [2.24, 2.45) is 7.05 Å². The predicted molar refractivity (Wildman–Crippen MR) is 126 cm³/mol. The molecule has 33 heavy (non-hydrogen) atoms. The third kappa shape index (κ3) is 4.14. The Morgan fingerprint density at radius 3 is 2.73 bits per heavy atom. The van der Waals surface area contributed by atoms with Crippen LogP contribution in [0.2, 0.25) is 0 Å². The number of carbonyl (C=O) groups excluding carboxylic acids is 1. The van der Waals surface area contributed by atoms with Crippen molar-refractivity contribution in [2.45, 2.75) is 0 Å². The van der Waals surface area contributed by atoms with Crippen molar-refractivity contribution < 1.29 is 13.9 Å². The fourth-order valence-electron chi connectivity index (χ4n) is 3.55. The van der Waals surface area contributed by atoms with Crippen LogP contribution in [0.5, 0.6) is 11.5 Å². The van der Waals surface area contributed by atoms with Crippen LogP contribution in [0.15, 0.2) is 83.8 Å². The number of hydrogen-bond donors (Lipinski definition) is 2. The molecule has 164 valence electrons. The van der Waals surface area contributed by atoms with Gasteiger partial charge in [0, 0.05) is 43.7 Å². The highest BCUT2D eigenvalue weighted by molar-refractivity contribution is 5.92. The number of nitrogens with one attached hydrogen (secondary N) is 2. The zero-order chi connectivity index (χ0) is 22.8. The number of pyridine rings is 1. The third-order valence-electron chi connectivity index (χ3n) is 5.25. The van der Waals surface area contributed by atoms with Gasteiger partial charge in [-0.3, -0.25) is 9.78 Å². The molecule has 0 aliphatic carbocycles. The highest BCUT2D eigenvalue weighted by Gasteiger charge is 2.11. The maximum atomic E-state index is 11.8. The second-order valence-electron chi connectivity index (χ2n) is 7.42. The number of carbonyl (C=O) groups is 1. The number of benzene rings is 2. The minimum absolute atomic E-state index is 0.270. The van der Waals surface area contributed by atoms with Crippen molar-refractivity contribution in [1.82, 2.24) is 19.9 Å². The van der Waals surface area contributed by atoms with Gasteiger partial charge in [-0.05, 0) is 42.0 Å². The topological polar surface area (TPSA) is 94.2 Å². The molecule has 0 atom stereocenters. The van der Waals surface area contributed by atoms with Crippen LogP contribution in [0.1, 0.15) is 10.5 Å². The molecule has 0 saturated carbocycles. The van der Waals surface area contributed by atoms with Crippen LogP contribution < -0.4 is 15.4 Å². The number of hydrogen-bond acceptors (Lipinski definition) is 6. The summed E-state index contributed by atoms with van der Waals surface area (Å²) in [6.45, 7) is 0. The van der Waals surface area contributed by atoms with E-state index in [0.29, 0.717) is 17.4 Å². The SMILES string of the molecule is CNC(=O)c1cc(Oc2ccc3c(c2)nc(Nc2cccc(-c4ccoc4)c2)n3C)ccn1. The number of amides is 1. The second kappa shape index (κ2) is 8.51. The molecule has 5 rings (SSSR count). The van der Waals surface area contributed by atoms with Gasteiger partial charge in [0.15, 0.2) is 0 Å². The van der Waals surface area contributed by atoms with E-state index < -0.39 is 0 Å². The first-order valence-electron chi connectivity index (χ1n) is 10.3. The fourth-order valence-corrected chi connectivity index (χ4v) is 3.55. The zero-order valence-electron chi connectivity index (χ0n) is 18.1. The normalized spacial score (nSPS) is 10.8. The van der Waals surface area contributed by atoms with Crippen LogP contribution >= 0.6 is 0 Å². The molecule has 0 unspecified atom stereocenters. The highest BCUT2D eigenvalue weighted by Crippen LogP contribution is 2.29. The van der Waals surface area contributed by atoms with E-state index in [-0.39, 0.29) is 11.6 Å². The van der Waals surface area contributed by atoms with Crippen molar-refractivity contribution >= 4 is 28.6 Å². The number of aromatic nitrogens is 3. The molecule has 0 spiro atoms. The molecular formula is C25H21N5O3. The van der Waals surface area contributed by atoms with Crippen LogP contribution in [0.3, 0.4) is 0 Å². The minimum atomic E-state index is -0.270. The summed E-state index contributed by atoms with van der Waals surface area (Å²) in [7, 11) is 3.52. The van der Waals surface area contributed by atoms with Crippen LogP contribution in [0.25, 0.3) is 22.2 Å². The first-order valence-corrected chi connectivity index (χ1v) is 10.3. The van der Waals surface area contributed by atoms with E-state index in [9.17, 15) is 4.79 Å². The summed E-state index contributed by atoms with van der Waals surface area (Å²) < 4.78 is 13.1. The van der Waals surface area contributed by atoms with Gasteiger partial charge in [0.05, 0.1) is 23.6 Å². The Labute approximate surface area is 189 Å². The average molecular weight is 439 g/mol. The summed E-state index contributed by atoms with van der Waals surface area (Å²) >= 11 is 0. The molecule has 0 bridgehead atoms. The summed E-state index contributed by atoms with van der Waals surface area (Å²) in [4.78, 5) is 20.6. The van der Waals surface area contributed by atoms with E-state index in [1.54, 1.807) is 37.9 Å². The molecule has 8 heteroatoms. The number of nitrogens with zero attached hydrogens (tertiary/aromatic N) is 3. The summed E-state index contributed by atoms with van der Waals surface area (Å²) in [6, 6.07) is 19.0. The molecule has 3 heterocycles. The van der Waals surface area contributed by atoms with Gasteiger partial charge in [-0.1, -0.05) is 12.1 Å². The number of rotatable bonds is 6. The Hall–Kier alpha value is -4.59. The molecule has 3 aromatic heterocycles. The lowest BCUT2D eigenvalue weighted by Gasteiger charge is -2.08. The van der Waals surface area contributed by atoms with E-state index in [0.717, 1.165) is 27.8 Å². The van der Waals surface area contributed by atoms with Crippen LogP contribution in [-0.2, 0) is 7.05 Å². The smallest absolute Gasteiger partial charge is 0.269 e. The van der Waals surface area contributed by atoms with Crippen molar-refractivity contribution in [3.63, 3.8) is 0 Å². The Bertz CT molecular complexity index is 1440. The van der Waals surface area contributed by atoms with Crippen LogP contribution in [0, 0.1) is 0 Å². The minimum Gasteiger partial charge on any atom is -0.472 e. The summed E-state index contributed by atoms with van der Waals surface area (Å²) in [5.41, 5.74) is 5.01. The lowest BCUT2D eigenvalue weighted by molar-refractivity contribution is 0.0958. The number of aryl methyl sites for hydroxylation is 1. The second-order valence-corrected chi connectivity index (χ2v) is 7.42. The fraction of sp³-hybridized carbons (Fsp3) is 0.0800. The number of imidazole rings is 1. The van der Waals surface area contributed by atoms with E-state index in [2.05, 4.69) is 15.6 Å². The molecule has 2 N–H and O–H groups in total. The Kier molecular flexibility index (Phi) is 5.24. The van der Waals surface area contributed by atoms with Gasteiger partial charge in [0.2, 0.25) is 5.95 Å². The summed E-state index contributed by atoms with van der Waals surface area (Å²) in [5.74, 6) is 1.57. The molecule has 0 fully saturated rings. The van der Waals surface area contributed by atoms with E-state index in [4.69, 9.17) is 14.1 Å². The van der Waals surface area contributed by atoms with Gasteiger partial charge in [0.1, 0.15) is 17.2 Å². The van der Waals surface area contributed by atoms with Crippen molar-refractivity contribution in [2.75, 3.05) is 12.4 Å². The van der Waals surface area contributed by atoms with E-state index in [1.807, 2.05) is 60.1 Å². The van der Waals surface area contributed by atoms with Gasteiger partial charge in [-0.25, -0.2) is 4.98 Å². The first kappa shape index (κ1) is 20.3. The molecule has 0 aliphatic rings. The quantitative estimate of drug-likeness (QED) is 0.381. The van der Waals surface area contributed by atoms with Gasteiger partial charge in [-0.2, -0.15) is 0 Å². The largest absolute Gasteiger partial charge is 0.472 e. The van der Waals surface area contributed by atoms with Crippen molar-refractivity contribution in [3.8, 4) is 22.6 Å². The van der Waals surface area contributed by atoms with Gasteiger partial charge in [0.25, 0.3) is 5.91 Å². The Morgan fingerprint density at radius 1 is 1.03 bits per heavy atom. The summed E-state index contributed by atoms with van der Waals surface area (Å²) in [5, 5.41) is 5.94. The van der Waals surface area contributed by atoms with Crippen molar-refractivity contribution in [3.05, 3.63) is 85.1 Å². The molecule has 8 nitrogen and oxygen atoms in total. The number of ether oxygens (including phenoxy) is 1. The van der Waals surface area contributed by atoms with Crippen LogP contribution in [-0.4, -0.2) is 27.5 Å². The van der Waals surface area contributed by atoms with E-state index in [1.165, 1.54) is 0 Å². The van der Waals surface area contributed by atoms with E-state index >= 15 is 0 Å². The molecule has 0 aliphatic heterocycles. The molecule has 1 amide bonds. The molecular weight excluding hydrogens is 418 g/mol. The molecule has 2 aromatic carbocycles. The molecule has 5 aromatic rings. The number of furan rings is 1.